The van der Waals surface area contributed by atoms with Gasteiger partial charge in [0.2, 0.25) is 18.6 Å². The predicted octanol–water partition coefficient (Wildman–Crippen LogP) is 4.13. The highest BCUT2D eigenvalue weighted by atomic mass is 16.7. The van der Waals surface area contributed by atoms with Crippen LogP contribution in [0.3, 0.4) is 0 Å². The van der Waals surface area contributed by atoms with Crippen molar-refractivity contribution in [2.75, 3.05) is 6.79 Å². The quantitative estimate of drug-likeness (QED) is 0.589. The first-order valence-corrected chi connectivity index (χ1v) is 10.9. The number of benzene rings is 3. The lowest BCUT2D eigenvalue weighted by molar-refractivity contribution is -0.130. The lowest BCUT2D eigenvalue weighted by atomic mass is 10.0. The highest BCUT2D eigenvalue weighted by molar-refractivity contribution is 5.90. The summed E-state index contributed by atoms with van der Waals surface area (Å²) >= 11 is 0. The third-order valence-electron chi connectivity index (χ3n) is 5.70. The summed E-state index contributed by atoms with van der Waals surface area (Å²) in [7, 11) is 0. The lowest BCUT2D eigenvalue weighted by Crippen LogP contribution is -2.50. The first-order valence-electron chi connectivity index (χ1n) is 10.9. The van der Waals surface area contributed by atoms with Crippen molar-refractivity contribution in [1.29, 1.82) is 0 Å². The summed E-state index contributed by atoms with van der Waals surface area (Å²) in [6, 6.07) is 18.8. The number of fused-ring (bicyclic) bond motifs is 2. The van der Waals surface area contributed by atoms with Crippen LogP contribution in [0.2, 0.25) is 0 Å². The zero-order chi connectivity index (χ0) is 22.7. The van der Waals surface area contributed by atoms with E-state index in [1.54, 1.807) is 0 Å². The van der Waals surface area contributed by atoms with Crippen LogP contribution in [-0.4, -0.2) is 24.6 Å². The summed E-state index contributed by atoms with van der Waals surface area (Å²) in [6.07, 6.45) is 0.221. The molecule has 1 aliphatic heterocycles. The van der Waals surface area contributed by atoms with Gasteiger partial charge in [-0.25, -0.2) is 0 Å². The largest absolute Gasteiger partial charge is 0.454 e. The van der Waals surface area contributed by atoms with Gasteiger partial charge < -0.3 is 20.1 Å². The molecule has 0 saturated carbocycles. The Bertz CT molecular complexity index is 1140. The van der Waals surface area contributed by atoms with Crippen molar-refractivity contribution in [2.24, 2.45) is 5.92 Å². The van der Waals surface area contributed by atoms with Gasteiger partial charge >= 0.3 is 0 Å². The molecule has 2 N–H and O–H groups in total. The minimum atomic E-state index is -0.626. The Morgan fingerprint density at radius 1 is 0.875 bits per heavy atom. The van der Waals surface area contributed by atoms with E-state index in [-0.39, 0.29) is 37.0 Å². The molecule has 0 aromatic heterocycles. The van der Waals surface area contributed by atoms with Crippen LogP contribution in [0.1, 0.15) is 37.9 Å². The molecule has 2 unspecified atom stereocenters. The molecule has 0 aliphatic carbocycles. The molecule has 166 valence electrons. The number of amides is 2. The first-order chi connectivity index (χ1) is 15.4. The fraction of sp³-hybridized carbons (Fsp3) is 0.308. The molecule has 6 heteroatoms. The molecule has 32 heavy (non-hydrogen) atoms. The minimum absolute atomic E-state index is 0.0560. The molecular formula is C26H28N2O4. The number of hydrogen-bond donors (Lipinski definition) is 2. The molecule has 3 aromatic rings. The van der Waals surface area contributed by atoms with Crippen LogP contribution in [0.4, 0.5) is 0 Å². The van der Waals surface area contributed by atoms with Gasteiger partial charge in [-0.2, -0.15) is 0 Å². The Morgan fingerprint density at radius 2 is 1.62 bits per heavy atom. The number of ether oxygens (including phenoxy) is 2. The number of nitrogens with one attached hydrogen (secondary N) is 2. The standard InChI is InChI=1S/C26H28N2O4/c1-16(2)25(26(30)27-17(3)20-10-11-22-23(14-20)32-15-31-22)28-24(29)13-18-8-9-19-6-4-5-7-21(19)12-18/h4-12,14,16-17,25H,13,15H2,1-3H3,(H,27,30)(H,28,29). The predicted molar refractivity (Wildman–Crippen MR) is 124 cm³/mol. The normalized spacial score (nSPS) is 14.2. The van der Waals surface area contributed by atoms with Crippen molar-refractivity contribution in [3.8, 4) is 11.5 Å². The minimum Gasteiger partial charge on any atom is -0.454 e. The number of hydrogen-bond acceptors (Lipinski definition) is 4. The maximum absolute atomic E-state index is 13.0. The van der Waals surface area contributed by atoms with Crippen molar-refractivity contribution in [1.82, 2.24) is 10.6 Å². The second-order valence-corrected chi connectivity index (χ2v) is 8.49. The molecule has 0 bridgehead atoms. The van der Waals surface area contributed by atoms with Crippen molar-refractivity contribution in [3.63, 3.8) is 0 Å². The molecule has 0 radical (unpaired) electrons. The van der Waals surface area contributed by atoms with Crippen LogP contribution in [0.25, 0.3) is 10.8 Å². The van der Waals surface area contributed by atoms with Crippen LogP contribution in [0.15, 0.2) is 60.7 Å². The van der Waals surface area contributed by atoms with Crippen molar-refractivity contribution in [3.05, 3.63) is 71.8 Å². The third kappa shape index (κ3) is 4.85. The molecule has 2 atom stereocenters. The SMILES string of the molecule is CC(NC(=O)C(NC(=O)Cc1ccc2ccccc2c1)C(C)C)c1ccc2c(c1)OCO2. The number of rotatable bonds is 7. The van der Waals surface area contributed by atoms with Gasteiger partial charge in [-0.05, 0) is 46.9 Å². The van der Waals surface area contributed by atoms with Gasteiger partial charge in [0, 0.05) is 0 Å². The average Bonchev–Trinajstić information content (AvgIpc) is 3.25. The molecule has 0 spiro atoms. The summed E-state index contributed by atoms with van der Waals surface area (Å²) in [4.78, 5) is 25.7. The molecule has 1 heterocycles. The maximum Gasteiger partial charge on any atom is 0.243 e. The Kier molecular flexibility index (Phi) is 6.30. The number of carbonyl (C=O) groups is 2. The number of carbonyl (C=O) groups excluding carboxylic acids is 2. The molecule has 3 aromatic carbocycles. The van der Waals surface area contributed by atoms with Crippen LogP contribution in [-0.2, 0) is 16.0 Å². The molecule has 2 amide bonds. The van der Waals surface area contributed by atoms with Crippen LogP contribution in [0, 0.1) is 5.92 Å². The van der Waals surface area contributed by atoms with Gasteiger partial charge in [-0.1, -0.05) is 62.4 Å². The van der Waals surface area contributed by atoms with Crippen molar-refractivity contribution >= 4 is 22.6 Å². The van der Waals surface area contributed by atoms with Crippen LogP contribution in [0.5, 0.6) is 11.5 Å². The second-order valence-electron chi connectivity index (χ2n) is 8.49. The van der Waals surface area contributed by atoms with Crippen LogP contribution < -0.4 is 20.1 Å². The van der Waals surface area contributed by atoms with E-state index in [9.17, 15) is 9.59 Å². The zero-order valence-corrected chi connectivity index (χ0v) is 18.6. The van der Waals surface area contributed by atoms with Gasteiger partial charge in [-0.15, -0.1) is 0 Å². The summed E-state index contributed by atoms with van der Waals surface area (Å²) in [6.45, 7) is 5.96. The van der Waals surface area contributed by atoms with Crippen molar-refractivity contribution in [2.45, 2.75) is 39.3 Å². The van der Waals surface area contributed by atoms with Gasteiger partial charge in [0.15, 0.2) is 11.5 Å². The van der Waals surface area contributed by atoms with E-state index in [1.807, 2.05) is 81.4 Å². The Morgan fingerprint density at radius 3 is 2.41 bits per heavy atom. The van der Waals surface area contributed by atoms with E-state index in [0.717, 1.165) is 21.9 Å². The summed E-state index contributed by atoms with van der Waals surface area (Å²) in [5.41, 5.74) is 1.82. The van der Waals surface area contributed by atoms with E-state index in [0.29, 0.717) is 11.5 Å². The van der Waals surface area contributed by atoms with E-state index < -0.39 is 6.04 Å². The highest BCUT2D eigenvalue weighted by Crippen LogP contribution is 2.34. The molecule has 6 nitrogen and oxygen atoms in total. The smallest absolute Gasteiger partial charge is 0.243 e. The monoisotopic (exact) mass is 432 g/mol. The second kappa shape index (κ2) is 9.30. The Balaban J connectivity index is 1.39. The van der Waals surface area contributed by atoms with E-state index in [4.69, 9.17) is 9.47 Å². The van der Waals surface area contributed by atoms with Gasteiger partial charge in [-0.3, -0.25) is 9.59 Å². The summed E-state index contributed by atoms with van der Waals surface area (Å²) in [5.74, 6) is 0.933. The molecule has 0 saturated heterocycles. The van der Waals surface area contributed by atoms with E-state index in [2.05, 4.69) is 10.6 Å². The van der Waals surface area contributed by atoms with E-state index in [1.165, 1.54) is 0 Å². The molecule has 4 rings (SSSR count). The Labute approximate surface area is 187 Å². The lowest BCUT2D eigenvalue weighted by Gasteiger charge is -2.24. The fourth-order valence-electron chi connectivity index (χ4n) is 3.86. The van der Waals surface area contributed by atoms with Gasteiger partial charge in [0.1, 0.15) is 6.04 Å². The zero-order valence-electron chi connectivity index (χ0n) is 18.6. The average molecular weight is 433 g/mol. The summed E-state index contributed by atoms with van der Waals surface area (Å²) in [5, 5.41) is 8.15. The van der Waals surface area contributed by atoms with E-state index >= 15 is 0 Å². The van der Waals surface area contributed by atoms with Crippen molar-refractivity contribution < 1.29 is 19.1 Å². The van der Waals surface area contributed by atoms with Gasteiger partial charge in [0.05, 0.1) is 12.5 Å². The Hall–Kier alpha value is -3.54. The molecule has 0 fully saturated rings. The topological polar surface area (TPSA) is 76.7 Å². The fourth-order valence-corrected chi connectivity index (χ4v) is 3.86. The molecule has 1 aliphatic rings. The maximum atomic E-state index is 13.0. The summed E-state index contributed by atoms with van der Waals surface area (Å²) < 4.78 is 10.8. The highest BCUT2D eigenvalue weighted by Gasteiger charge is 2.26. The van der Waals surface area contributed by atoms with Gasteiger partial charge in [0.25, 0.3) is 0 Å². The first kappa shape index (κ1) is 21.7. The molecular weight excluding hydrogens is 404 g/mol. The third-order valence-corrected chi connectivity index (χ3v) is 5.70. The van der Waals surface area contributed by atoms with Crippen LogP contribution >= 0.6 is 0 Å².